The summed E-state index contributed by atoms with van der Waals surface area (Å²) in [6.07, 6.45) is 3.38. The van der Waals surface area contributed by atoms with Crippen molar-refractivity contribution < 1.29 is 9.90 Å². The third-order valence-corrected chi connectivity index (χ3v) is 2.91. The molecule has 0 amide bonds. The number of aromatic carboxylic acids is 1. The van der Waals surface area contributed by atoms with E-state index in [0.29, 0.717) is 12.1 Å². The molecule has 1 aromatic carbocycles. The van der Waals surface area contributed by atoms with Crippen molar-refractivity contribution in [1.29, 1.82) is 0 Å². The molecule has 0 atom stereocenters. The van der Waals surface area contributed by atoms with Gasteiger partial charge in [0.1, 0.15) is 5.52 Å². The topological polar surface area (TPSA) is 93.8 Å². The smallest absolute Gasteiger partial charge is 0.335 e. The van der Waals surface area contributed by atoms with Crippen LogP contribution in [-0.2, 0) is 6.54 Å². The van der Waals surface area contributed by atoms with Crippen molar-refractivity contribution >= 4 is 17.0 Å². The van der Waals surface area contributed by atoms with Crippen LogP contribution in [0, 0.1) is 6.92 Å². The maximum absolute atomic E-state index is 10.9. The Hall–Kier alpha value is -2.83. The van der Waals surface area contributed by atoms with E-state index in [1.54, 1.807) is 23.1 Å². The quantitative estimate of drug-likeness (QED) is 0.769. The maximum Gasteiger partial charge on any atom is 0.335 e. The zero-order chi connectivity index (χ0) is 14.1. The SMILES string of the molecule is Cc1cnc(Cn2nnc3cc(C(=O)O)ccc32)cn1. The lowest BCUT2D eigenvalue weighted by atomic mass is 10.2. The number of benzene rings is 1. The van der Waals surface area contributed by atoms with Crippen molar-refractivity contribution in [3.63, 3.8) is 0 Å². The van der Waals surface area contributed by atoms with Crippen LogP contribution in [-0.4, -0.2) is 36.0 Å². The summed E-state index contributed by atoms with van der Waals surface area (Å²) >= 11 is 0. The van der Waals surface area contributed by atoms with E-state index in [0.717, 1.165) is 16.9 Å². The van der Waals surface area contributed by atoms with E-state index in [2.05, 4.69) is 20.3 Å². The van der Waals surface area contributed by atoms with Crippen molar-refractivity contribution in [2.75, 3.05) is 0 Å². The second-order valence-corrected chi connectivity index (χ2v) is 4.40. The molecule has 20 heavy (non-hydrogen) atoms. The van der Waals surface area contributed by atoms with Gasteiger partial charge in [0.25, 0.3) is 0 Å². The fraction of sp³-hybridized carbons (Fsp3) is 0.154. The van der Waals surface area contributed by atoms with E-state index in [1.807, 2.05) is 6.92 Å². The van der Waals surface area contributed by atoms with Crippen LogP contribution in [0.25, 0.3) is 11.0 Å². The molecular formula is C13H11N5O2. The molecule has 0 aliphatic heterocycles. The van der Waals surface area contributed by atoms with Crippen molar-refractivity contribution in [2.24, 2.45) is 0 Å². The second kappa shape index (κ2) is 4.69. The number of carboxylic acid groups (broad SMARTS) is 1. The number of carboxylic acids is 1. The Morgan fingerprint density at radius 1 is 1.30 bits per heavy atom. The Bertz CT molecular complexity index is 779. The second-order valence-electron chi connectivity index (χ2n) is 4.40. The van der Waals surface area contributed by atoms with Crippen molar-refractivity contribution in [3.8, 4) is 0 Å². The van der Waals surface area contributed by atoms with Gasteiger partial charge in [0, 0.05) is 6.20 Å². The molecule has 0 radical (unpaired) electrons. The summed E-state index contributed by atoms with van der Waals surface area (Å²) in [4.78, 5) is 19.3. The first-order chi connectivity index (χ1) is 9.63. The zero-order valence-corrected chi connectivity index (χ0v) is 10.7. The molecule has 1 N–H and O–H groups in total. The van der Waals surface area contributed by atoms with Gasteiger partial charge in [0.05, 0.1) is 35.2 Å². The van der Waals surface area contributed by atoms with Crippen LogP contribution >= 0.6 is 0 Å². The molecule has 7 heteroatoms. The highest BCUT2D eigenvalue weighted by Crippen LogP contribution is 2.14. The molecule has 2 aromatic heterocycles. The number of nitrogens with zero attached hydrogens (tertiary/aromatic N) is 5. The summed E-state index contributed by atoms with van der Waals surface area (Å²) in [5.41, 5.74) is 3.12. The first kappa shape index (κ1) is 12.2. The molecular weight excluding hydrogens is 258 g/mol. The number of aryl methyl sites for hydroxylation is 1. The van der Waals surface area contributed by atoms with E-state index in [1.165, 1.54) is 12.1 Å². The first-order valence-corrected chi connectivity index (χ1v) is 5.97. The van der Waals surface area contributed by atoms with Crippen molar-refractivity contribution in [2.45, 2.75) is 13.5 Å². The average Bonchev–Trinajstić information content (AvgIpc) is 2.84. The largest absolute Gasteiger partial charge is 0.478 e. The molecule has 0 unspecified atom stereocenters. The molecule has 100 valence electrons. The third-order valence-electron chi connectivity index (χ3n) is 2.91. The van der Waals surface area contributed by atoms with Crippen LogP contribution < -0.4 is 0 Å². The number of fused-ring (bicyclic) bond motifs is 1. The molecule has 0 spiro atoms. The number of hydrogen-bond acceptors (Lipinski definition) is 5. The summed E-state index contributed by atoms with van der Waals surface area (Å²) in [5, 5.41) is 16.9. The summed E-state index contributed by atoms with van der Waals surface area (Å²) in [6, 6.07) is 4.73. The first-order valence-electron chi connectivity index (χ1n) is 5.97. The van der Waals surface area contributed by atoms with Crippen LogP contribution in [0.3, 0.4) is 0 Å². The van der Waals surface area contributed by atoms with Gasteiger partial charge in [-0.2, -0.15) is 0 Å². The molecule has 0 saturated heterocycles. The van der Waals surface area contributed by atoms with E-state index >= 15 is 0 Å². The van der Waals surface area contributed by atoms with Crippen LogP contribution in [0.5, 0.6) is 0 Å². The molecule has 3 rings (SSSR count). The Morgan fingerprint density at radius 3 is 2.85 bits per heavy atom. The summed E-state index contributed by atoms with van der Waals surface area (Å²) < 4.78 is 1.67. The number of hydrogen-bond donors (Lipinski definition) is 1. The lowest BCUT2D eigenvalue weighted by Crippen LogP contribution is -2.04. The van der Waals surface area contributed by atoms with Gasteiger partial charge in [-0.1, -0.05) is 5.21 Å². The van der Waals surface area contributed by atoms with Gasteiger partial charge in [-0.3, -0.25) is 9.97 Å². The molecule has 3 aromatic rings. The summed E-state index contributed by atoms with van der Waals surface area (Å²) in [6.45, 7) is 2.31. The minimum absolute atomic E-state index is 0.194. The predicted octanol–water partition coefficient (Wildman–Crippen LogP) is 1.28. The highest BCUT2D eigenvalue weighted by atomic mass is 16.4. The molecule has 7 nitrogen and oxygen atoms in total. The maximum atomic E-state index is 10.9. The van der Waals surface area contributed by atoms with Gasteiger partial charge >= 0.3 is 5.97 Å². The molecule has 2 heterocycles. The monoisotopic (exact) mass is 269 g/mol. The molecule has 0 saturated carbocycles. The highest BCUT2D eigenvalue weighted by Gasteiger charge is 2.09. The standard InChI is InChI=1S/C13H11N5O2/c1-8-5-15-10(6-14-8)7-18-12-3-2-9(13(19)20)4-11(12)16-17-18/h2-6H,7H2,1H3,(H,19,20). The van der Waals surface area contributed by atoms with E-state index < -0.39 is 5.97 Å². The average molecular weight is 269 g/mol. The van der Waals surface area contributed by atoms with Crippen molar-refractivity contribution in [1.82, 2.24) is 25.0 Å². The van der Waals surface area contributed by atoms with Gasteiger partial charge in [0.2, 0.25) is 0 Å². The van der Waals surface area contributed by atoms with Gasteiger partial charge in [-0.05, 0) is 25.1 Å². The van der Waals surface area contributed by atoms with Crippen LogP contribution in [0.15, 0.2) is 30.6 Å². The van der Waals surface area contributed by atoms with Crippen molar-refractivity contribution in [3.05, 3.63) is 47.5 Å². The lowest BCUT2D eigenvalue weighted by Gasteiger charge is -2.02. The fourth-order valence-corrected chi connectivity index (χ4v) is 1.88. The minimum Gasteiger partial charge on any atom is -0.478 e. The molecule has 0 aliphatic carbocycles. The predicted molar refractivity (Wildman–Crippen MR) is 70.4 cm³/mol. The van der Waals surface area contributed by atoms with Crippen LogP contribution in [0.2, 0.25) is 0 Å². The number of carbonyl (C=O) groups is 1. The summed E-state index contributed by atoms with van der Waals surface area (Å²) in [7, 11) is 0. The zero-order valence-electron chi connectivity index (χ0n) is 10.7. The van der Waals surface area contributed by atoms with Gasteiger partial charge in [0.15, 0.2) is 0 Å². The van der Waals surface area contributed by atoms with E-state index in [4.69, 9.17) is 5.11 Å². The fourth-order valence-electron chi connectivity index (χ4n) is 1.88. The van der Waals surface area contributed by atoms with E-state index in [9.17, 15) is 4.79 Å². The van der Waals surface area contributed by atoms with Gasteiger partial charge in [-0.25, -0.2) is 9.48 Å². The highest BCUT2D eigenvalue weighted by molar-refractivity contribution is 5.92. The Balaban J connectivity index is 1.96. The number of rotatable bonds is 3. The minimum atomic E-state index is -0.981. The van der Waals surface area contributed by atoms with Gasteiger partial charge in [-0.15, -0.1) is 5.10 Å². The van der Waals surface area contributed by atoms with Crippen LogP contribution in [0.1, 0.15) is 21.7 Å². The normalized spacial score (nSPS) is 10.8. The third kappa shape index (κ3) is 2.20. The summed E-state index contributed by atoms with van der Waals surface area (Å²) in [5.74, 6) is -0.981. The Morgan fingerprint density at radius 2 is 2.15 bits per heavy atom. The number of aromatic nitrogens is 5. The van der Waals surface area contributed by atoms with E-state index in [-0.39, 0.29) is 5.56 Å². The molecule has 0 bridgehead atoms. The van der Waals surface area contributed by atoms with Crippen LogP contribution in [0.4, 0.5) is 0 Å². The Kier molecular flexibility index (Phi) is 2.86. The molecule has 0 aliphatic rings. The van der Waals surface area contributed by atoms with Gasteiger partial charge < -0.3 is 5.11 Å². The Labute approximate surface area is 113 Å². The molecule has 0 fully saturated rings. The lowest BCUT2D eigenvalue weighted by molar-refractivity contribution is 0.0697.